The highest BCUT2D eigenvalue weighted by Crippen LogP contribution is 2.31. The van der Waals surface area contributed by atoms with Crippen LogP contribution in [0.2, 0.25) is 0 Å². The molecule has 122 valence electrons. The van der Waals surface area contributed by atoms with Crippen LogP contribution in [0.25, 0.3) is 0 Å². The van der Waals surface area contributed by atoms with Crippen molar-refractivity contribution in [1.82, 2.24) is 5.32 Å². The van der Waals surface area contributed by atoms with Crippen molar-refractivity contribution in [2.45, 2.75) is 25.3 Å². The normalized spacial score (nSPS) is 16.7. The van der Waals surface area contributed by atoms with Gasteiger partial charge in [0.25, 0.3) is 0 Å². The summed E-state index contributed by atoms with van der Waals surface area (Å²) in [4.78, 5) is 0. The summed E-state index contributed by atoms with van der Waals surface area (Å²) in [6.45, 7) is 0.985. The third-order valence-corrected chi connectivity index (χ3v) is 4.48. The molecule has 1 aliphatic heterocycles. The molecule has 0 aliphatic carbocycles. The van der Waals surface area contributed by atoms with E-state index in [1.54, 1.807) is 20.3 Å². The predicted molar refractivity (Wildman–Crippen MR) is 90.4 cm³/mol. The van der Waals surface area contributed by atoms with Crippen molar-refractivity contribution in [2.75, 3.05) is 20.8 Å². The first kappa shape index (κ1) is 15.7. The van der Waals surface area contributed by atoms with Crippen LogP contribution in [-0.2, 0) is 12.8 Å². The summed E-state index contributed by atoms with van der Waals surface area (Å²) in [5, 5.41) is 13.5. The van der Waals surface area contributed by atoms with Gasteiger partial charge in [-0.15, -0.1) is 0 Å². The average molecular weight is 313 g/mol. The molecule has 0 fully saturated rings. The van der Waals surface area contributed by atoms with Crippen molar-refractivity contribution in [2.24, 2.45) is 0 Å². The number of methoxy groups -OCH3 is 2. The molecule has 2 aromatic carbocycles. The maximum Gasteiger partial charge on any atom is 0.160 e. The van der Waals surface area contributed by atoms with Crippen molar-refractivity contribution in [3.8, 4) is 17.2 Å². The van der Waals surface area contributed by atoms with E-state index in [-0.39, 0.29) is 5.75 Å². The molecule has 4 nitrogen and oxygen atoms in total. The molecule has 4 heteroatoms. The SMILES string of the molecule is COc1ccc2c(c1)CCN[C@H]2CCc1ccc(OC)c(O)c1. The largest absolute Gasteiger partial charge is 0.504 e. The van der Waals surface area contributed by atoms with E-state index in [2.05, 4.69) is 17.4 Å². The zero-order chi connectivity index (χ0) is 16.2. The van der Waals surface area contributed by atoms with Crippen LogP contribution in [0.5, 0.6) is 17.2 Å². The minimum Gasteiger partial charge on any atom is -0.504 e. The Hall–Kier alpha value is -2.20. The highest BCUT2D eigenvalue weighted by atomic mass is 16.5. The van der Waals surface area contributed by atoms with Gasteiger partial charge in [0.05, 0.1) is 14.2 Å². The van der Waals surface area contributed by atoms with E-state index in [4.69, 9.17) is 9.47 Å². The van der Waals surface area contributed by atoms with Gasteiger partial charge in [0.1, 0.15) is 5.75 Å². The molecule has 23 heavy (non-hydrogen) atoms. The zero-order valence-electron chi connectivity index (χ0n) is 13.6. The molecule has 0 unspecified atom stereocenters. The van der Waals surface area contributed by atoms with Gasteiger partial charge in [-0.05, 0) is 66.8 Å². The monoisotopic (exact) mass is 313 g/mol. The van der Waals surface area contributed by atoms with E-state index >= 15 is 0 Å². The predicted octanol–water partition coefficient (Wildman–Crippen LogP) is 3.23. The number of phenols is 1. The van der Waals surface area contributed by atoms with Crippen molar-refractivity contribution in [1.29, 1.82) is 0 Å². The van der Waals surface area contributed by atoms with Gasteiger partial charge >= 0.3 is 0 Å². The Morgan fingerprint density at radius 2 is 2.00 bits per heavy atom. The van der Waals surface area contributed by atoms with Crippen molar-refractivity contribution in [3.63, 3.8) is 0 Å². The Morgan fingerprint density at radius 3 is 2.74 bits per heavy atom. The Balaban J connectivity index is 1.71. The van der Waals surface area contributed by atoms with Crippen LogP contribution in [0.3, 0.4) is 0 Å². The van der Waals surface area contributed by atoms with E-state index in [1.165, 1.54) is 11.1 Å². The smallest absolute Gasteiger partial charge is 0.160 e. The zero-order valence-corrected chi connectivity index (χ0v) is 13.6. The lowest BCUT2D eigenvalue weighted by molar-refractivity contribution is 0.373. The van der Waals surface area contributed by atoms with Crippen LogP contribution in [0, 0.1) is 0 Å². The van der Waals surface area contributed by atoms with Crippen LogP contribution in [0.1, 0.15) is 29.2 Å². The second-order valence-corrected chi connectivity index (χ2v) is 5.87. The lowest BCUT2D eigenvalue weighted by Gasteiger charge is -2.27. The number of fused-ring (bicyclic) bond motifs is 1. The fourth-order valence-electron chi connectivity index (χ4n) is 3.22. The summed E-state index contributed by atoms with van der Waals surface area (Å²) >= 11 is 0. The van der Waals surface area contributed by atoms with E-state index in [0.29, 0.717) is 11.8 Å². The number of rotatable bonds is 5. The van der Waals surface area contributed by atoms with Crippen molar-refractivity contribution < 1.29 is 14.6 Å². The first-order valence-corrected chi connectivity index (χ1v) is 7.97. The van der Waals surface area contributed by atoms with E-state index < -0.39 is 0 Å². The van der Waals surface area contributed by atoms with Crippen LogP contribution in [0.15, 0.2) is 36.4 Å². The molecule has 1 aliphatic rings. The highest BCUT2D eigenvalue weighted by Gasteiger charge is 2.20. The van der Waals surface area contributed by atoms with Crippen molar-refractivity contribution in [3.05, 3.63) is 53.1 Å². The van der Waals surface area contributed by atoms with Crippen LogP contribution in [-0.4, -0.2) is 25.9 Å². The van der Waals surface area contributed by atoms with Gasteiger partial charge < -0.3 is 19.9 Å². The lowest BCUT2D eigenvalue weighted by Crippen LogP contribution is -2.30. The second kappa shape index (κ2) is 6.92. The van der Waals surface area contributed by atoms with E-state index in [0.717, 1.165) is 37.1 Å². The summed E-state index contributed by atoms with van der Waals surface area (Å²) in [6, 6.07) is 12.3. The molecule has 0 saturated heterocycles. The first-order chi connectivity index (χ1) is 11.2. The third kappa shape index (κ3) is 3.42. The third-order valence-electron chi connectivity index (χ3n) is 4.48. The van der Waals surface area contributed by atoms with E-state index in [9.17, 15) is 5.11 Å². The van der Waals surface area contributed by atoms with Gasteiger partial charge in [0.15, 0.2) is 11.5 Å². The fraction of sp³-hybridized carbons (Fsp3) is 0.368. The van der Waals surface area contributed by atoms with Gasteiger partial charge in [0.2, 0.25) is 0 Å². The minimum atomic E-state index is 0.201. The number of aryl methyl sites for hydroxylation is 1. The molecule has 0 amide bonds. The first-order valence-electron chi connectivity index (χ1n) is 7.97. The van der Waals surface area contributed by atoms with Crippen molar-refractivity contribution >= 4 is 0 Å². The summed E-state index contributed by atoms with van der Waals surface area (Å²) in [7, 11) is 3.27. The maximum absolute atomic E-state index is 9.89. The van der Waals surface area contributed by atoms with E-state index in [1.807, 2.05) is 18.2 Å². The molecule has 0 saturated carbocycles. The van der Waals surface area contributed by atoms with Gasteiger partial charge in [-0.25, -0.2) is 0 Å². The Kier molecular flexibility index (Phi) is 4.72. The molecule has 1 atom stereocenters. The Labute approximate surface area is 137 Å². The van der Waals surface area contributed by atoms with Gasteiger partial charge in [-0.3, -0.25) is 0 Å². The minimum absolute atomic E-state index is 0.201. The summed E-state index contributed by atoms with van der Waals surface area (Å²) in [6.07, 6.45) is 2.93. The highest BCUT2D eigenvalue weighted by molar-refractivity contribution is 5.42. The molecule has 0 bridgehead atoms. The molecule has 1 heterocycles. The van der Waals surface area contributed by atoms with Crippen LogP contribution < -0.4 is 14.8 Å². The summed E-state index contributed by atoms with van der Waals surface area (Å²) < 4.78 is 10.4. The standard InChI is InChI=1S/C19H23NO3/c1-22-15-5-6-16-14(12-15)9-10-20-17(16)7-3-13-4-8-19(23-2)18(21)11-13/h4-6,8,11-12,17,20-21H,3,7,9-10H2,1-2H3/t17-/m0/s1. The molecule has 3 rings (SSSR count). The molecular formula is C19H23NO3. The molecular weight excluding hydrogens is 290 g/mol. The number of phenolic OH excluding ortho intramolecular Hbond substituents is 1. The molecule has 0 spiro atoms. The molecule has 2 aromatic rings. The van der Waals surface area contributed by atoms with Gasteiger partial charge in [0, 0.05) is 6.04 Å². The average Bonchev–Trinajstić information content (AvgIpc) is 2.59. The van der Waals surface area contributed by atoms with Crippen LogP contribution in [0.4, 0.5) is 0 Å². The topological polar surface area (TPSA) is 50.7 Å². The summed E-state index contributed by atoms with van der Waals surface area (Å²) in [5.41, 5.74) is 3.84. The summed E-state index contributed by atoms with van der Waals surface area (Å²) in [5.74, 6) is 1.64. The Morgan fingerprint density at radius 1 is 1.13 bits per heavy atom. The number of hydrogen-bond acceptors (Lipinski definition) is 4. The van der Waals surface area contributed by atoms with Gasteiger partial charge in [-0.1, -0.05) is 12.1 Å². The number of benzene rings is 2. The molecule has 0 radical (unpaired) electrons. The number of hydrogen-bond donors (Lipinski definition) is 2. The molecule has 0 aromatic heterocycles. The molecule has 2 N–H and O–H groups in total. The van der Waals surface area contributed by atoms with Gasteiger partial charge in [-0.2, -0.15) is 0 Å². The van der Waals surface area contributed by atoms with Crippen LogP contribution >= 0.6 is 0 Å². The maximum atomic E-state index is 9.89. The second-order valence-electron chi connectivity index (χ2n) is 5.87. The number of nitrogens with one attached hydrogen (secondary N) is 1. The lowest BCUT2D eigenvalue weighted by atomic mass is 9.90. The quantitative estimate of drug-likeness (QED) is 0.890. The Bertz CT molecular complexity index is 684. The number of ether oxygens (including phenoxy) is 2. The fourth-order valence-corrected chi connectivity index (χ4v) is 3.22. The number of aromatic hydroxyl groups is 1.